The molecule has 0 bridgehead atoms. The fraction of sp³-hybridized carbons (Fsp3) is 0.235. The summed E-state index contributed by atoms with van der Waals surface area (Å²) in [6.07, 6.45) is 1.59. The summed E-state index contributed by atoms with van der Waals surface area (Å²) >= 11 is 0. The third-order valence-corrected chi connectivity index (χ3v) is 3.91. The van der Waals surface area contributed by atoms with Crippen LogP contribution in [0, 0.1) is 5.92 Å². The first-order chi connectivity index (χ1) is 11.6. The molecule has 0 saturated carbocycles. The minimum absolute atomic E-state index is 0.0952. The van der Waals surface area contributed by atoms with E-state index in [4.69, 9.17) is 4.74 Å². The van der Waals surface area contributed by atoms with Crippen molar-refractivity contribution in [3.63, 3.8) is 0 Å². The molecule has 7 heteroatoms. The molecule has 0 spiro atoms. The van der Waals surface area contributed by atoms with Crippen molar-refractivity contribution >= 4 is 23.3 Å². The first-order valence-electron chi connectivity index (χ1n) is 7.47. The lowest BCUT2D eigenvalue weighted by Crippen LogP contribution is -2.28. The number of pyridine rings is 1. The highest BCUT2D eigenvalue weighted by Gasteiger charge is 2.35. The van der Waals surface area contributed by atoms with Crippen LogP contribution in [0.1, 0.15) is 6.42 Å². The molecular formula is C17H17N3O4. The molecule has 24 heavy (non-hydrogen) atoms. The predicted molar refractivity (Wildman–Crippen MR) is 88.0 cm³/mol. The number of methoxy groups -OCH3 is 1. The van der Waals surface area contributed by atoms with Crippen LogP contribution in [0.3, 0.4) is 0 Å². The lowest BCUT2D eigenvalue weighted by Gasteiger charge is -2.17. The normalized spacial score (nSPS) is 17.0. The zero-order chi connectivity index (χ0) is 17.1. The molecule has 1 aliphatic heterocycles. The molecule has 1 atom stereocenters. The van der Waals surface area contributed by atoms with E-state index in [1.54, 1.807) is 42.3 Å². The van der Waals surface area contributed by atoms with Gasteiger partial charge in [-0.25, -0.2) is 4.98 Å². The van der Waals surface area contributed by atoms with Gasteiger partial charge in [-0.05, 0) is 36.4 Å². The Morgan fingerprint density at radius 2 is 2.08 bits per heavy atom. The summed E-state index contributed by atoms with van der Waals surface area (Å²) in [6.45, 7) is 0.282. The number of carbonyl (C=O) groups excluding carboxylic acids is 2. The van der Waals surface area contributed by atoms with E-state index >= 15 is 0 Å². The van der Waals surface area contributed by atoms with Crippen LogP contribution in [0.25, 0.3) is 0 Å². The van der Waals surface area contributed by atoms with E-state index in [0.717, 1.165) is 5.69 Å². The van der Waals surface area contributed by atoms with E-state index in [1.807, 2.05) is 0 Å². The summed E-state index contributed by atoms with van der Waals surface area (Å²) in [6, 6.07) is 10.1. The highest BCUT2D eigenvalue weighted by molar-refractivity contribution is 6.03. The zero-order valence-electron chi connectivity index (χ0n) is 13.1. The van der Waals surface area contributed by atoms with Crippen molar-refractivity contribution in [2.45, 2.75) is 6.42 Å². The van der Waals surface area contributed by atoms with Gasteiger partial charge < -0.3 is 20.1 Å². The average molecular weight is 327 g/mol. The van der Waals surface area contributed by atoms with E-state index in [0.29, 0.717) is 5.75 Å². The van der Waals surface area contributed by atoms with Gasteiger partial charge in [0.1, 0.15) is 5.75 Å². The third-order valence-electron chi connectivity index (χ3n) is 3.91. The molecule has 3 rings (SSSR count). The van der Waals surface area contributed by atoms with Gasteiger partial charge in [-0.1, -0.05) is 0 Å². The van der Waals surface area contributed by atoms with E-state index in [9.17, 15) is 14.7 Å². The molecule has 1 saturated heterocycles. The average Bonchev–Trinajstić information content (AvgIpc) is 2.99. The fourth-order valence-corrected chi connectivity index (χ4v) is 2.61. The van der Waals surface area contributed by atoms with Crippen LogP contribution in [0.4, 0.5) is 11.5 Å². The maximum atomic E-state index is 12.3. The summed E-state index contributed by atoms with van der Waals surface area (Å²) in [5.41, 5.74) is 0.719. The SMILES string of the molecule is COc1ccc(N2CC(C(=O)Nc3ncccc3O)CC2=O)cc1. The minimum Gasteiger partial charge on any atom is -0.504 e. The number of ether oxygens (including phenoxy) is 1. The van der Waals surface area contributed by atoms with Crippen molar-refractivity contribution in [2.75, 3.05) is 23.9 Å². The van der Waals surface area contributed by atoms with Crippen molar-refractivity contribution in [3.05, 3.63) is 42.6 Å². The van der Waals surface area contributed by atoms with Gasteiger partial charge in [-0.3, -0.25) is 9.59 Å². The summed E-state index contributed by atoms with van der Waals surface area (Å²) < 4.78 is 5.10. The van der Waals surface area contributed by atoms with Gasteiger partial charge in [0.15, 0.2) is 11.6 Å². The van der Waals surface area contributed by atoms with Gasteiger partial charge >= 0.3 is 0 Å². The van der Waals surface area contributed by atoms with Crippen LogP contribution < -0.4 is 15.0 Å². The Kier molecular flexibility index (Phi) is 4.33. The number of benzene rings is 1. The molecule has 1 aliphatic rings. The monoisotopic (exact) mass is 327 g/mol. The van der Waals surface area contributed by atoms with Crippen LogP contribution in [0.15, 0.2) is 42.6 Å². The Morgan fingerprint density at radius 3 is 2.75 bits per heavy atom. The van der Waals surface area contributed by atoms with Crippen molar-refractivity contribution in [3.8, 4) is 11.5 Å². The minimum atomic E-state index is -0.499. The van der Waals surface area contributed by atoms with Gasteiger partial charge in [0.25, 0.3) is 0 Å². The summed E-state index contributed by atoms with van der Waals surface area (Å²) in [5, 5.41) is 12.2. The molecule has 2 amide bonds. The second-order valence-electron chi connectivity index (χ2n) is 5.46. The lowest BCUT2D eigenvalue weighted by molar-refractivity contribution is -0.122. The first-order valence-corrected chi connectivity index (χ1v) is 7.47. The maximum absolute atomic E-state index is 12.3. The lowest BCUT2D eigenvalue weighted by atomic mass is 10.1. The largest absolute Gasteiger partial charge is 0.504 e. The quantitative estimate of drug-likeness (QED) is 0.893. The number of nitrogens with one attached hydrogen (secondary N) is 1. The van der Waals surface area contributed by atoms with E-state index < -0.39 is 5.92 Å². The Morgan fingerprint density at radius 1 is 1.33 bits per heavy atom. The zero-order valence-corrected chi connectivity index (χ0v) is 13.1. The first kappa shape index (κ1) is 15.8. The topological polar surface area (TPSA) is 91.8 Å². The fourth-order valence-electron chi connectivity index (χ4n) is 2.61. The Balaban J connectivity index is 1.69. The van der Waals surface area contributed by atoms with E-state index in [-0.39, 0.29) is 36.3 Å². The smallest absolute Gasteiger partial charge is 0.231 e. The standard InChI is InChI=1S/C17H17N3O4/c1-24-13-6-4-12(5-7-13)20-10-11(9-15(20)22)17(23)19-16-14(21)3-2-8-18-16/h2-8,11,21H,9-10H2,1H3,(H,18,19,23). The predicted octanol–water partition coefficient (Wildman–Crippen LogP) is 1.79. The van der Waals surface area contributed by atoms with Crippen molar-refractivity contribution < 1.29 is 19.4 Å². The molecule has 7 nitrogen and oxygen atoms in total. The van der Waals surface area contributed by atoms with Gasteiger partial charge in [-0.15, -0.1) is 0 Å². The Labute approximate surface area is 138 Å². The van der Waals surface area contributed by atoms with Crippen molar-refractivity contribution in [2.24, 2.45) is 5.92 Å². The van der Waals surface area contributed by atoms with Gasteiger partial charge in [0, 0.05) is 24.8 Å². The molecule has 2 heterocycles. The van der Waals surface area contributed by atoms with Gasteiger partial charge in [-0.2, -0.15) is 0 Å². The summed E-state index contributed by atoms with van der Waals surface area (Å²) in [5.74, 6) is -0.273. The Bertz CT molecular complexity index is 761. The number of hydrogen-bond acceptors (Lipinski definition) is 5. The van der Waals surface area contributed by atoms with Crippen LogP contribution in [0.2, 0.25) is 0 Å². The maximum Gasteiger partial charge on any atom is 0.231 e. The molecule has 1 unspecified atom stereocenters. The molecule has 1 aromatic heterocycles. The van der Waals surface area contributed by atoms with Crippen LogP contribution in [-0.2, 0) is 9.59 Å². The molecule has 2 N–H and O–H groups in total. The van der Waals surface area contributed by atoms with Crippen molar-refractivity contribution in [1.82, 2.24) is 4.98 Å². The highest BCUT2D eigenvalue weighted by Crippen LogP contribution is 2.28. The second kappa shape index (κ2) is 6.57. The molecule has 1 fully saturated rings. The molecule has 1 aromatic carbocycles. The molecule has 0 radical (unpaired) electrons. The number of amides is 2. The summed E-state index contributed by atoms with van der Waals surface area (Å²) in [7, 11) is 1.57. The number of aromatic hydroxyl groups is 1. The highest BCUT2D eigenvalue weighted by atomic mass is 16.5. The molecule has 2 aromatic rings. The number of rotatable bonds is 4. The summed E-state index contributed by atoms with van der Waals surface area (Å²) in [4.78, 5) is 30.0. The van der Waals surface area contributed by atoms with E-state index in [1.165, 1.54) is 12.3 Å². The second-order valence-corrected chi connectivity index (χ2v) is 5.46. The molecule has 0 aliphatic carbocycles. The van der Waals surface area contributed by atoms with Gasteiger partial charge in [0.2, 0.25) is 11.8 Å². The van der Waals surface area contributed by atoms with Gasteiger partial charge in [0.05, 0.1) is 13.0 Å². The van der Waals surface area contributed by atoms with E-state index in [2.05, 4.69) is 10.3 Å². The number of hydrogen-bond donors (Lipinski definition) is 2. The number of carbonyl (C=O) groups is 2. The number of anilines is 2. The number of nitrogens with zero attached hydrogens (tertiary/aromatic N) is 2. The number of aromatic nitrogens is 1. The molecule has 124 valence electrons. The van der Waals surface area contributed by atoms with Crippen LogP contribution in [0.5, 0.6) is 11.5 Å². The third kappa shape index (κ3) is 3.15. The van der Waals surface area contributed by atoms with Crippen LogP contribution >= 0.6 is 0 Å². The van der Waals surface area contributed by atoms with Crippen molar-refractivity contribution in [1.29, 1.82) is 0 Å². The van der Waals surface area contributed by atoms with Crippen LogP contribution in [-0.4, -0.2) is 35.6 Å². The molecular weight excluding hydrogens is 310 g/mol. The Hall–Kier alpha value is -3.09.